The predicted molar refractivity (Wildman–Crippen MR) is 77.7 cm³/mol. The molecule has 0 unspecified atom stereocenters. The number of nitrogens with zero attached hydrogens (tertiary/aromatic N) is 3. The maximum Gasteiger partial charge on any atom is 0.217 e. The van der Waals surface area contributed by atoms with Gasteiger partial charge < -0.3 is 13.9 Å². The van der Waals surface area contributed by atoms with Crippen LogP contribution in [0.5, 0.6) is 0 Å². The lowest BCUT2D eigenvalue weighted by Crippen LogP contribution is -2.60. The maximum atomic E-state index is 10.0. The highest BCUT2D eigenvalue weighted by Crippen LogP contribution is 2.69. The molecule has 7 nitrogen and oxygen atoms in total. The lowest BCUT2D eigenvalue weighted by molar-refractivity contribution is -0.297. The number of furan rings is 1. The van der Waals surface area contributed by atoms with Crippen molar-refractivity contribution < 1.29 is 13.9 Å². The highest BCUT2D eigenvalue weighted by molar-refractivity contribution is 5.89. The second kappa shape index (κ2) is 4.60. The van der Waals surface area contributed by atoms with E-state index in [1.54, 1.807) is 12.1 Å². The van der Waals surface area contributed by atoms with Crippen LogP contribution in [0.1, 0.15) is 37.5 Å². The molecule has 0 amide bonds. The summed E-state index contributed by atoms with van der Waals surface area (Å²) in [7, 11) is 0. The summed E-state index contributed by atoms with van der Waals surface area (Å²) in [6.07, 6.45) is 3.12. The van der Waals surface area contributed by atoms with Crippen LogP contribution >= 0.6 is 0 Å². The van der Waals surface area contributed by atoms with Crippen molar-refractivity contribution in [2.45, 2.75) is 37.6 Å². The molecule has 1 aromatic rings. The van der Waals surface area contributed by atoms with Gasteiger partial charge in [0.05, 0.1) is 30.4 Å². The minimum Gasteiger partial charge on any atom is -0.466 e. The minimum atomic E-state index is -1.90. The van der Waals surface area contributed by atoms with Gasteiger partial charge in [-0.25, -0.2) is 0 Å². The van der Waals surface area contributed by atoms with Crippen LogP contribution in [0.4, 0.5) is 0 Å². The van der Waals surface area contributed by atoms with Gasteiger partial charge in [0.25, 0.3) is 0 Å². The average molecular weight is 322 g/mol. The van der Waals surface area contributed by atoms with Crippen molar-refractivity contribution in [1.29, 1.82) is 21.2 Å². The number of nitrogens with one attached hydrogen (secondary N) is 1. The molecule has 0 radical (unpaired) electrons. The maximum absolute atomic E-state index is 10.0. The highest BCUT2D eigenvalue weighted by Gasteiger charge is 2.80. The Labute approximate surface area is 138 Å². The molecule has 7 heteroatoms. The van der Waals surface area contributed by atoms with Gasteiger partial charge in [-0.1, -0.05) is 6.42 Å². The number of nitriles is 3. The zero-order valence-electron chi connectivity index (χ0n) is 12.8. The van der Waals surface area contributed by atoms with Gasteiger partial charge in [0.1, 0.15) is 5.76 Å². The van der Waals surface area contributed by atoms with Crippen LogP contribution in [-0.4, -0.2) is 11.7 Å². The van der Waals surface area contributed by atoms with Gasteiger partial charge in [0.15, 0.2) is 11.5 Å². The van der Waals surface area contributed by atoms with Gasteiger partial charge in [0.2, 0.25) is 17.1 Å². The molecule has 1 saturated carbocycles. The molecule has 4 atom stereocenters. The van der Waals surface area contributed by atoms with Gasteiger partial charge in [-0.3, -0.25) is 5.41 Å². The molecule has 4 rings (SSSR count). The van der Waals surface area contributed by atoms with Crippen molar-refractivity contribution in [2.24, 2.45) is 16.7 Å². The summed E-state index contributed by atoms with van der Waals surface area (Å²) in [5, 5.41) is 38.2. The van der Waals surface area contributed by atoms with Gasteiger partial charge in [-0.2, -0.15) is 15.8 Å². The molecule has 0 spiro atoms. The van der Waals surface area contributed by atoms with Gasteiger partial charge in [0, 0.05) is 6.42 Å². The second-order valence-electron chi connectivity index (χ2n) is 6.51. The molecular formula is C17H14N4O3. The molecule has 3 heterocycles. The Bertz CT molecular complexity index is 813. The number of hydrogen-bond acceptors (Lipinski definition) is 7. The lowest BCUT2D eigenvalue weighted by Gasteiger charge is -2.50. The first-order chi connectivity index (χ1) is 11.6. The summed E-state index contributed by atoms with van der Waals surface area (Å²) in [5.41, 5.74) is -3.56. The van der Waals surface area contributed by atoms with E-state index in [9.17, 15) is 15.8 Å². The van der Waals surface area contributed by atoms with Crippen molar-refractivity contribution in [2.75, 3.05) is 0 Å². The summed E-state index contributed by atoms with van der Waals surface area (Å²) in [6, 6.07) is 9.36. The first-order valence-corrected chi connectivity index (χ1v) is 7.83. The van der Waals surface area contributed by atoms with Crippen LogP contribution in [0.2, 0.25) is 0 Å². The Morgan fingerprint density at radius 1 is 1.17 bits per heavy atom. The fraction of sp³-hybridized carbons (Fsp3) is 0.529. The molecule has 24 heavy (non-hydrogen) atoms. The van der Waals surface area contributed by atoms with Crippen LogP contribution in [0, 0.1) is 56.2 Å². The number of ether oxygens (including phenoxy) is 2. The summed E-state index contributed by atoms with van der Waals surface area (Å²) < 4.78 is 17.3. The largest absolute Gasteiger partial charge is 0.466 e. The van der Waals surface area contributed by atoms with Crippen molar-refractivity contribution in [3.05, 3.63) is 24.2 Å². The van der Waals surface area contributed by atoms with Crippen LogP contribution in [0.3, 0.4) is 0 Å². The minimum absolute atomic E-state index is 0.291. The molecule has 1 aliphatic carbocycles. The Kier molecular flexibility index (Phi) is 2.83. The van der Waals surface area contributed by atoms with E-state index in [1.165, 1.54) is 6.26 Å². The predicted octanol–water partition coefficient (Wildman–Crippen LogP) is 2.79. The summed E-state index contributed by atoms with van der Waals surface area (Å²) in [6.45, 7) is 0. The van der Waals surface area contributed by atoms with Crippen molar-refractivity contribution in [1.82, 2.24) is 0 Å². The normalized spacial score (nSPS) is 39.0. The quantitative estimate of drug-likeness (QED) is 0.846. The standard InChI is InChI=1S/C17H14N4O3/c18-8-15(9-19)13(11-4-3-7-22-11)23-17-6-2-1-5-12(17)16(15,10-20)14(21)24-17/h3-4,7,12-13,21H,1-2,5-6H2/t12-,13+,16-,17+/m0/s1. The SMILES string of the molecule is N#CC1(C#N)[C@@H](c2ccco2)O[C@@]23CCCC[C@H]2[C@@]1(C#N)C(=N)O3. The van der Waals surface area contributed by atoms with E-state index in [2.05, 4.69) is 6.07 Å². The zero-order chi connectivity index (χ0) is 17.0. The van der Waals surface area contributed by atoms with Crippen molar-refractivity contribution in [3.63, 3.8) is 0 Å². The van der Waals surface area contributed by atoms with Gasteiger partial charge >= 0.3 is 0 Å². The molecule has 3 fully saturated rings. The molecule has 3 aliphatic rings. The van der Waals surface area contributed by atoms with E-state index in [1.807, 2.05) is 12.1 Å². The fourth-order valence-electron chi connectivity index (χ4n) is 4.56. The van der Waals surface area contributed by atoms with E-state index >= 15 is 0 Å². The van der Waals surface area contributed by atoms with Crippen LogP contribution in [0.25, 0.3) is 0 Å². The molecule has 0 aromatic carbocycles. The fourth-order valence-corrected chi connectivity index (χ4v) is 4.56. The topological polar surface area (TPSA) is 127 Å². The van der Waals surface area contributed by atoms with Gasteiger partial charge in [-0.05, 0) is 25.0 Å². The summed E-state index contributed by atoms with van der Waals surface area (Å²) >= 11 is 0. The highest BCUT2D eigenvalue weighted by atomic mass is 16.7. The Balaban J connectivity index is 2.02. The molecule has 2 saturated heterocycles. The first kappa shape index (κ1) is 14.8. The summed E-state index contributed by atoms with van der Waals surface area (Å²) in [4.78, 5) is 0. The van der Waals surface area contributed by atoms with E-state index in [-0.39, 0.29) is 5.90 Å². The third kappa shape index (κ3) is 1.36. The van der Waals surface area contributed by atoms with Crippen LogP contribution in [-0.2, 0) is 9.47 Å². The molecule has 120 valence electrons. The average Bonchev–Trinajstić information content (AvgIpc) is 3.19. The molecular weight excluding hydrogens is 308 g/mol. The molecule has 1 N–H and O–H groups in total. The van der Waals surface area contributed by atoms with Crippen molar-refractivity contribution in [3.8, 4) is 18.2 Å². The zero-order valence-corrected chi connectivity index (χ0v) is 12.8. The van der Waals surface area contributed by atoms with Gasteiger partial charge in [-0.15, -0.1) is 0 Å². The second-order valence-corrected chi connectivity index (χ2v) is 6.51. The van der Waals surface area contributed by atoms with E-state index < -0.39 is 28.6 Å². The first-order valence-electron chi connectivity index (χ1n) is 7.83. The monoisotopic (exact) mass is 322 g/mol. The van der Waals surface area contributed by atoms with E-state index in [0.29, 0.717) is 18.6 Å². The van der Waals surface area contributed by atoms with Crippen LogP contribution in [0.15, 0.2) is 22.8 Å². The molecule has 2 bridgehead atoms. The molecule has 2 aliphatic heterocycles. The van der Waals surface area contributed by atoms with E-state index in [0.717, 1.165) is 12.8 Å². The smallest absolute Gasteiger partial charge is 0.217 e. The number of rotatable bonds is 1. The third-order valence-corrected chi connectivity index (χ3v) is 5.62. The van der Waals surface area contributed by atoms with Crippen molar-refractivity contribution >= 4 is 5.90 Å². The van der Waals surface area contributed by atoms with Crippen LogP contribution < -0.4 is 0 Å². The third-order valence-electron chi connectivity index (χ3n) is 5.62. The Morgan fingerprint density at radius 3 is 2.58 bits per heavy atom. The lowest BCUT2D eigenvalue weighted by atomic mass is 9.52. The number of hydrogen-bond donors (Lipinski definition) is 1. The Hall–Kier alpha value is -2.82. The van der Waals surface area contributed by atoms with E-state index in [4.69, 9.17) is 19.3 Å². The Morgan fingerprint density at radius 2 is 1.96 bits per heavy atom. The summed E-state index contributed by atoms with van der Waals surface area (Å²) in [5.74, 6) is -1.70. The molecule has 1 aromatic heterocycles.